The Kier molecular flexibility index (Phi) is 5.08. The quantitative estimate of drug-likeness (QED) is 0.803. The predicted octanol–water partition coefficient (Wildman–Crippen LogP) is 0.695. The third-order valence-corrected chi connectivity index (χ3v) is 7.22. The Morgan fingerprint density at radius 2 is 1.68 bits per heavy atom. The van der Waals surface area contributed by atoms with E-state index in [0.29, 0.717) is 26.2 Å². The minimum atomic E-state index is -3.26. The fraction of sp³-hybridized carbons (Fsp3) is 0.846. The van der Waals surface area contributed by atoms with Crippen LogP contribution in [0.5, 0.6) is 0 Å². The molecule has 3 rings (SSSR count). The SMILES string of the molecule is Cc1nnsc1CN1CCCN(S(=O)(=O)N2CCCC2)CC1. The van der Waals surface area contributed by atoms with E-state index in [1.807, 2.05) is 6.92 Å². The van der Waals surface area contributed by atoms with Crippen LogP contribution in [-0.4, -0.2) is 70.8 Å². The Morgan fingerprint density at radius 1 is 1.00 bits per heavy atom. The minimum Gasteiger partial charge on any atom is -0.297 e. The van der Waals surface area contributed by atoms with Gasteiger partial charge in [-0.25, -0.2) is 0 Å². The summed E-state index contributed by atoms with van der Waals surface area (Å²) in [6, 6.07) is 0. The normalized spacial score (nSPS) is 23.0. The van der Waals surface area contributed by atoms with Crippen molar-refractivity contribution in [2.75, 3.05) is 39.3 Å². The van der Waals surface area contributed by atoms with Gasteiger partial charge in [0.1, 0.15) is 0 Å². The summed E-state index contributed by atoms with van der Waals surface area (Å²) in [7, 11) is -3.26. The summed E-state index contributed by atoms with van der Waals surface area (Å²) in [5, 5.41) is 4.04. The number of nitrogens with zero attached hydrogens (tertiary/aromatic N) is 5. The molecule has 22 heavy (non-hydrogen) atoms. The van der Waals surface area contributed by atoms with Crippen molar-refractivity contribution in [3.05, 3.63) is 10.6 Å². The molecule has 0 spiro atoms. The van der Waals surface area contributed by atoms with E-state index in [9.17, 15) is 8.42 Å². The number of aryl methyl sites for hydroxylation is 1. The summed E-state index contributed by atoms with van der Waals surface area (Å²) in [6.45, 7) is 7.03. The van der Waals surface area contributed by atoms with Gasteiger partial charge in [-0.1, -0.05) is 4.49 Å². The predicted molar refractivity (Wildman–Crippen MR) is 85.8 cm³/mol. The maximum atomic E-state index is 12.6. The van der Waals surface area contributed by atoms with E-state index < -0.39 is 10.2 Å². The summed E-state index contributed by atoms with van der Waals surface area (Å²) >= 11 is 1.43. The molecule has 2 saturated heterocycles. The summed E-state index contributed by atoms with van der Waals surface area (Å²) < 4.78 is 32.5. The lowest BCUT2D eigenvalue weighted by atomic mass is 10.3. The van der Waals surface area contributed by atoms with Gasteiger partial charge in [-0.3, -0.25) is 4.90 Å². The maximum absolute atomic E-state index is 12.6. The van der Waals surface area contributed by atoms with Gasteiger partial charge in [0.2, 0.25) is 0 Å². The van der Waals surface area contributed by atoms with Crippen LogP contribution in [0, 0.1) is 6.92 Å². The van der Waals surface area contributed by atoms with Gasteiger partial charge >= 0.3 is 0 Å². The molecule has 2 fully saturated rings. The lowest BCUT2D eigenvalue weighted by Crippen LogP contribution is -2.44. The molecule has 0 N–H and O–H groups in total. The highest BCUT2D eigenvalue weighted by Gasteiger charge is 2.32. The molecule has 7 nitrogen and oxygen atoms in total. The Balaban J connectivity index is 1.61. The topological polar surface area (TPSA) is 69.6 Å². The van der Waals surface area contributed by atoms with Crippen molar-refractivity contribution in [1.29, 1.82) is 0 Å². The van der Waals surface area contributed by atoms with Crippen molar-refractivity contribution in [1.82, 2.24) is 23.1 Å². The van der Waals surface area contributed by atoms with Gasteiger partial charge in [-0.05, 0) is 44.3 Å². The van der Waals surface area contributed by atoms with E-state index in [1.54, 1.807) is 8.61 Å². The molecule has 2 aliphatic heterocycles. The number of hydrogen-bond acceptors (Lipinski definition) is 6. The molecule has 124 valence electrons. The third kappa shape index (κ3) is 3.48. The van der Waals surface area contributed by atoms with Crippen LogP contribution in [0.1, 0.15) is 29.8 Å². The molecule has 1 aromatic heterocycles. The smallest absolute Gasteiger partial charge is 0.282 e. The highest BCUT2D eigenvalue weighted by atomic mass is 32.2. The highest BCUT2D eigenvalue weighted by Crippen LogP contribution is 2.19. The molecule has 0 aromatic carbocycles. The zero-order chi connectivity index (χ0) is 15.6. The first-order valence-electron chi connectivity index (χ1n) is 7.83. The lowest BCUT2D eigenvalue weighted by molar-refractivity contribution is 0.278. The van der Waals surface area contributed by atoms with Crippen molar-refractivity contribution < 1.29 is 8.42 Å². The first-order valence-corrected chi connectivity index (χ1v) is 10.00. The van der Waals surface area contributed by atoms with Gasteiger partial charge in [-0.2, -0.15) is 17.0 Å². The van der Waals surface area contributed by atoms with Gasteiger partial charge in [0, 0.05) is 39.3 Å². The van der Waals surface area contributed by atoms with Crippen LogP contribution in [0.4, 0.5) is 0 Å². The summed E-state index contributed by atoms with van der Waals surface area (Å²) in [4.78, 5) is 3.48. The summed E-state index contributed by atoms with van der Waals surface area (Å²) in [5.74, 6) is 0. The molecule has 0 radical (unpaired) electrons. The molecule has 0 saturated carbocycles. The maximum Gasteiger partial charge on any atom is 0.282 e. The molecule has 0 amide bonds. The van der Waals surface area contributed by atoms with Crippen LogP contribution in [0.15, 0.2) is 0 Å². The van der Waals surface area contributed by atoms with E-state index in [4.69, 9.17) is 0 Å². The van der Waals surface area contributed by atoms with Crippen LogP contribution < -0.4 is 0 Å². The molecule has 0 unspecified atom stereocenters. The first-order chi connectivity index (χ1) is 10.6. The fourth-order valence-corrected chi connectivity index (χ4v) is 5.41. The van der Waals surface area contributed by atoms with Crippen molar-refractivity contribution in [3.63, 3.8) is 0 Å². The van der Waals surface area contributed by atoms with Gasteiger partial charge < -0.3 is 0 Å². The van der Waals surface area contributed by atoms with E-state index in [-0.39, 0.29) is 0 Å². The molecule has 0 aliphatic carbocycles. The van der Waals surface area contributed by atoms with Crippen LogP contribution in [-0.2, 0) is 16.8 Å². The van der Waals surface area contributed by atoms with Crippen molar-refractivity contribution in [3.8, 4) is 0 Å². The van der Waals surface area contributed by atoms with Gasteiger partial charge in [0.05, 0.1) is 10.6 Å². The van der Waals surface area contributed by atoms with Crippen LogP contribution in [0.2, 0.25) is 0 Å². The second-order valence-electron chi connectivity index (χ2n) is 5.92. The Bertz CT molecular complexity index is 597. The van der Waals surface area contributed by atoms with E-state index in [2.05, 4.69) is 14.5 Å². The third-order valence-electron chi connectivity index (χ3n) is 4.38. The first kappa shape index (κ1) is 16.3. The minimum absolute atomic E-state index is 0.574. The molecular weight excluding hydrogens is 322 g/mol. The molecule has 2 aliphatic rings. The molecule has 3 heterocycles. The van der Waals surface area contributed by atoms with Crippen LogP contribution in [0.3, 0.4) is 0 Å². The van der Waals surface area contributed by atoms with E-state index >= 15 is 0 Å². The number of rotatable bonds is 4. The van der Waals surface area contributed by atoms with Crippen LogP contribution in [0.25, 0.3) is 0 Å². The molecule has 1 aromatic rings. The largest absolute Gasteiger partial charge is 0.297 e. The Hall–Kier alpha value is -0.610. The monoisotopic (exact) mass is 345 g/mol. The van der Waals surface area contributed by atoms with Gasteiger partial charge in [-0.15, -0.1) is 5.10 Å². The molecule has 0 bridgehead atoms. The van der Waals surface area contributed by atoms with Gasteiger partial charge in [0.25, 0.3) is 10.2 Å². The number of aromatic nitrogens is 2. The number of hydrogen-bond donors (Lipinski definition) is 0. The summed E-state index contributed by atoms with van der Waals surface area (Å²) in [6.07, 6.45) is 2.84. The van der Waals surface area contributed by atoms with Crippen LogP contribution >= 0.6 is 11.5 Å². The fourth-order valence-electron chi connectivity index (χ4n) is 3.02. The summed E-state index contributed by atoms with van der Waals surface area (Å²) in [5.41, 5.74) is 0.982. The zero-order valence-electron chi connectivity index (χ0n) is 12.9. The highest BCUT2D eigenvalue weighted by molar-refractivity contribution is 7.86. The molecule has 0 atom stereocenters. The average Bonchev–Trinajstić information content (AvgIpc) is 3.09. The van der Waals surface area contributed by atoms with Crippen molar-refractivity contribution in [2.45, 2.75) is 32.7 Å². The lowest BCUT2D eigenvalue weighted by Gasteiger charge is -2.26. The second kappa shape index (κ2) is 6.88. The van der Waals surface area contributed by atoms with Crippen molar-refractivity contribution in [2.24, 2.45) is 0 Å². The van der Waals surface area contributed by atoms with E-state index in [0.717, 1.165) is 44.6 Å². The standard InChI is InChI=1S/C13H23N5O2S2/c1-12-13(21-15-14-12)11-16-5-4-8-18(10-9-16)22(19,20)17-6-2-3-7-17/h2-11H2,1H3. The average molecular weight is 345 g/mol. The Morgan fingerprint density at radius 3 is 2.36 bits per heavy atom. The Labute approximate surface area is 136 Å². The zero-order valence-corrected chi connectivity index (χ0v) is 14.6. The molecular formula is C13H23N5O2S2. The second-order valence-corrected chi connectivity index (χ2v) is 8.69. The molecule has 9 heteroatoms. The van der Waals surface area contributed by atoms with Gasteiger partial charge in [0.15, 0.2) is 0 Å². The van der Waals surface area contributed by atoms with E-state index in [1.165, 1.54) is 16.4 Å². The van der Waals surface area contributed by atoms with Crippen molar-refractivity contribution >= 4 is 21.7 Å².